The van der Waals surface area contributed by atoms with Crippen molar-refractivity contribution in [1.29, 1.82) is 0 Å². The van der Waals surface area contributed by atoms with Crippen LogP contribution >= 0.6 is 0 Å². The third-order valence-corrected chi connectivity index (χ3v) is 5.43. The lowest BCUT2D eigenvalue weighted by Crippen LogP contribution is -2.34. The molecule has 0 aliphatic heterocycles. The van der Waals surface area contributed by atoms with Crippen LogP contribution in [-0.4, -0.2) is 40.9 Å². The van der Waals surface area contributed by atoms with E-state index in [0.717, 1.165) is 38.5 Å². The van der Waals surface area contributed by atoms with E-state index >= 15 is 0 Å². The first-order chi connectivity index (χ1) is 12.6. The quantitative estimate of drug-likeness (QED) is 0.612. The molecule has 0 unspecified atom stereocenters. The van der Waals surface area contributed by atoms with Gasteiger partial charge in [0.1, 0.15) is 5.82 Å². The maximum Gasteiger partial charge on any atom is 0.254 e. The number of anilines is 2. The zero-order chi connectivity index (χ0) is 18.5. The zero-order valence-electron chi connectivity index (χ0n) is 15.3. The molecular weight excluding hydrogens is 332 g/mol. The van der Waals surface area contributed by atoms with Crippen molar-refractivity contribution in [2.24, 2.45) is 11.7 Å². The van der Waals surface area contributed by atoms with Crippen molar-refractivity contribution < 1.29 is 9.59 Å². The second-order valence-electron chi connectivity index (χ2n) is 7.25. The Hall–Kier alpha value is -2.38. The van der Waals surface area contributed by atoms with Crippen LogP contribution in [0.15, 0.2) is 6.20 Å². The summed E-state index contributed by atoms with van der Waals surface area (Å²) in [5, 5.41) is 9.41. The van der Waals surface area contributed by atoms with Crippen molar-refractivity contribution in [2.75, 3.05) is 17.7 Å². The van der Waals surface area contributed by atoms with Crippen molar-refractivity contribution in [3.63, 3.8) is 0 Å². The molecule has 0 saturated heterocycles. The number of carbonyl (C=O) groups excluding carboxylic acids is 2. The van der Waals surface area contributed by atoms with Gasteiger partial charge in [-0.1, -0.05) is 12.8 Å². The largest absolute Gasteiger partial charge is 0.367 e. The molecule has 0 spiro atoms. The van der Waals surface area contributed by atoms with Crippen LogP contribution in [0.3, 0.4) is 0 Å². The molecule has 2 fully saturated rings. The van der Waals surface area contributed by atoms with E-state index in [1.54, 1.807) is 7.05 Å². The van der Waals surface area contributed by atoms with E-state index in [-0.39, 0.29) is 17.9 Å². The summed E-state index contributed by atoms with van der Waals surface area (Å²) >= 11 is 0. The van der Waals surface area contributed by atoms with E-state index in [9.17, 15) is 9.59 Å². The maximum atomic E-state index is 11.8. The van der Waals surface area contributed by atoms with Crippen molar-refractivity contribution >= 4 is 23.6 Å². The topological polar surface area (TPSA) is 122 Å². The number of nitrogens with two attached hydrogens (primary N) is 1. The number of primary amides is 1. The number of nitrogens with zero attached hydrogens (tertiary/aromatic N) is 2. The second kappa shape index (κ2) is 8.33. The smallest absolute Gasteiger partial charge is 0.254 e. The highest BCUT2D eigenvalue weighted by Gasteiger charge is 2.27. The molecule has 142 valence electrons. The lowest BCUT2D eigenvalue weighted by molar-refractivity contribution is -0.125. The van der Waals surface area contributed by atoms with Gasteiger partial charge < -0.3 is 21.7 Å². The summed E-state index contributed by atoms with van der Waals surface area (Å²) in [4.78, 5) is 32.2. The predicted molar refractivity (Wildman–Crippen MR) is 99.9 cm³/mol. The highest BCUT2D eigenvalue weighted by atomic mass is 16.2. The van der Waals surface area contributed by atoms with Gasteiger partial charge in [-0.15, -0.1) is 0 Å². The highest BCUT2D eigenvalue weighted by molar-refractivity contribution is 5.97. The Balaban J connectivity index is 1.67. The predicted octanol–water partition coefficient (Wildman–Crippen LogP) is 1.65. The van der Waals surface area contributed by atoms with Crippen molar-refractivity contribution in [1.82, 2.24) is 15.3 Å². The van der Waals surface area contributed by atoms with E-state index < -0.39 is 5.91 Å². The minimum absolute atomic E-state index is 0.0682. The number of hydrogen-bond donors (Lipinski definition) is 4. The van der Waals surface area contributed by atoms with Gasteiger partial charge in [0, 0.05) is 31.2 Å². The molecule has 1 aromatic rings. The summed E-state index contributed by atoms with van der Waals surface area (Å²) < 4.78 is 0. The minimum atomic E-state index is -0.543. The molecule has 0 radical (unpaired) electrons. The second-order valence-corrected chi connectivity index (χ2v) is 7.25. The summed E-state index contributed by atoms with van der Waals surface area (Å²) in [5.74, 6) is 0.642. The number of aromatic nitrogens is 2. The molecule has 0 bridgehead atoms. The lowest BCUT2D eigenvalue weighted by atomic mass is 9.85. The van der Waals surface area contributed by atoms with Crippen LogP contribution < -0.4 is 21.7 Å². The van der Waals surface area contributed by atoms with Crippen molar-refractivity contribution in [2.45, 2.75) is 63.5 Å². The van der Waals surface area contributed by atoms with Gasteiger partial charge in [0.25, 0.3) is 5.91 Å². The van der Waals surface area contributed by atoms with Crippen LogP contribution in [0, 0.1) is 5.92 Å². The third kappa shape index (κ3) is 4.42. The van der Waals surface area contributed by atoms with Crippen molar-refractivity contribution in [3.8, 4) is 0 Å². The van der Waals surface area contributed by atoms with Gasteiger partial charge in [-0.3, -0.25) is 9.59 Å². The summed E-state index contributed by atoms with van der Waals surface area (Å²) in [5.41, 5.74) is 5.78. The lowest BCUT2D eigenvalue weighted by Gasteiger charge is -2.29. The zero-order valence-corrected chi connectivity index (χ0v) is 15.3. The normalized spacial score (nSPS) is 23.4. The van der Waals surface area contributed by atoms with Gasteiger partial charge in [0.05, 0.1) is 5.56 Å². The monoisotopic (exact) mass is 360 g/mol. The Kier molecular flexibility index (Phi) is 5.90. The van der Waals surface area contributed by atoms with E-state index in [4.69, 9.17) is 5.73 Å². The van der Waals surface area contributed by atoms with Gasteiger partial charge in [-0.25, -0.2) is 4.98 Å². The molecule has 0 aromatic carbocycles. The van der Waals surface area contributed by atoms with Gasteiger partial charge >= 0.3 is 0 Å². The molecule has 8 nitrogen and oxygen atoms in total. The number of carbonyl (C=O) groups is 2. The van der Waals surface area contributed by atoms with E-state index in [1.165, 1.54) is 19.0 Å². The van der Waals surface area contributed by atoms with Crippen molar-refractivity contribution in [3.05, 3.63) is 11.8 Å². The molecule has 3 rings (SSSR count). The van der Waals surface area contributed by atoms with Crippen LogP contribution in [-0.2, 0) is 4.79 Å². The van der Waals surface area contributed by atoms with Gasteiger partial charge in [-0.05, 0) is 38.5 Å². The minimum Gasteiger partial charge on any atom is -0.367 e. The molecule has 1 aromatic heterocycles. The average Bonchev–Trinajstić information content (AvgIpc) is 3.14. The first kappa shape index (κ1) is 18.4. The number of rotatable bonds is 6. The fourth-order valence-electron chi connectivity index (χ4n) is 3.89. The molecule has 2 aliphatic rings. The summed E-state index contributed by atoms with van der Waals surface area (Å²) in [6.07, 6.45) is 9.51. The Morgan fingerprint density at radius 3 is 2.31 bits per heavy atom. The van der Waals surface area contributed by atoms with Gasteiger partial charge in [-0.2, -0.15) is 4.98 Å². The summed E-state index contributed by atoms with van der Waals surface area (Å²) in [6, 6.07) is 0.563. The average molecular weight is 360 g/mol. The Morgan fingerprint density at radius 2 is 1.69 bits per heavy atom. The Labute approximate surface area is 153 Å². The molecule has 8 heteroatoms. The molecule has 26 heavy (non-hydrogen) atoms. The molecule has 2 saturated carbocycles. The molecule has 2 aliphatic carbocycles. The Morgan fingerprint density at radius 1 is 1.04 bits per heavy atom. The standard InChI is InChI=1S/C18H28N6O2/c1-20-17(26)11-6-8-13(9-7-11)22-16-14(15(19)25)10-21-18(24-16)23-12-4-2-3-5-12/h10-13H,2-9H2,1H3,(H2,19,25)(H,20,26)(H2,21,22,23,24)/t11-,13+. The van der Waals surface area contributed by atoms with E-state index in [1.807, 2.05) is 0 Å². The number of hydrogen-bond acceptors (Lipinski definition) is 6. The van der Waals surface area contributed by atoms with Gasteiger partial charge in [0.2, 0.25) is 11.9 Å². The van der Waals surface area contributed by atoms with E-state index in [0.29, 0.717) is 23.4 Å². The Bertz CT molecular complexity index is 651. The van der Waals surface area contributed by atoms with E-state index in [2.05, 4.69) is 25.9 Å². The van der Waals surface area contributed by atoms with Crippen LogP contribution in [0.5, 0.6) is 0 Å². The molecule has 0 atom stereocenters. The van der Waals surface area contributed by atoms with Crippen LogP contribution in [0.1, 0.15) is 61.7 Å². The highest BCUT2D eigenvalue weighted by Crippen LogP contribution is 2.28. The third-order valence-electron chi connectivity index (χ3n) is 5.43. The number of amides is 2. The van der Waals surface area contributed by atoms with Crippen LogP contribution in [0.25, 0.3) is 0 Å². The maximum absolute atomic E-state index is 11.8. The van der Waals surface area contributed by atoms with Crippen LogP contribution in [0.2, 0.25) is 0 Å². The first-order valence-corrected chi connectivity index (χ1v) is 9.48. The molecule has 5 N–H and O–H groups in total. The SMILES string of the molecule is CNC(=O)[C@H]1CC[C@@H](Nc2nc(NC3CCCC3)ncc2C(N)=O)CC1. The fourth-order valence-corrected chi connectivity index (χ4v) is 3.89. The summed E-state index contributed by atoms with van der Waals surface area (Å²) in [7, 11) is 1.67. The molecular formula is C18H28N6O2. The van der Waals surface area contributed by atoms with Crippen LogP contribution in [0.4, 0.5) is 11.8 Å². The number of nitrogens with one attached hydrogen (secondary N) is 3. The molecule has 1 heterocycles. The summed E-state index contributed by atoms with van der Waals surface area (Å²) in [6.45, 7) is 0. The molecule has 2 amide bonds. The fraction of sp³-hybridized carbons (Fsp3) is 0.667. The van der Waals surface area contributed by atoms with Gasteiger partial charge in [0.15, 0.2) is 0 Å². The first-order valence-electron chi connectivity index (χ1n) is 9.48.